The zero-order chi connectivity index (χ0) is 18.6. The fourth-order valence-corrected chi connectivity index (χ4v) is 2.12. The lowest BCUT2D eigenvalue weighted by Crippen LogP contribution is -2.13. The molecule has 0 aliphatic carbocycles. The summed E-state index contributed by atoms with van der Waals surface area (Å²) in [6.45, 7) is 0. The Morgan fingerprint density at radius 2 is 1.60 bits per heavy atom. The minimum atomic E-state index is -0.737. The summed E-state index contributed by atoms with van der Waals surface area (Å²) in [6, 6.07) is 9.88. The molecule has 25 heavy (non-hydrogen) atoms. The predicted molar refractivity (Wildman–Crippen MR) is 90.2 cm³/mol. The molecule has 2 aromatic rings. The third-order valence-corrected chi connectivity index (χ3v) is 3.38. The van der Waals surface area contributed by atoms with E-state index in [1.807, 2.05) is 0 Å². The van der Waals surface area contributed by atoms with E-state index >= 15 is 0 Å². The zero-order valence-electron chi connectivity index (χ0n) is 13.9. The van der Waals surface area contributed by atoms with Crippen molar-refractivity contribution in [2.75, 3.05) is 26.1 Å². The molecule has 0 bridgehead atoms. The van der Waals surface area contributed by atoms with E-state index in [1.54, 1.807) is 19.0 Å². The summed E-state index contributed by atoms with van der Waals surface area (Å²) in [5, 5.41) is 11.2. The summed E-state index contributed by atoms with van der Waals surface area (Å²) < 4.78 is 9.75. The van der Waals surface area contributed by atoms with Crippen molar-refractivity contribution in [2.24, 2.45) is 0 Å². The number of hydrogen-bond acceptors (Lipinski definition) is 7. The molecule has 2 aromatic carbocycles. The smallest absolute Gasteiger partial charge is 0.343 e. The monoisotopic (exact) mass is 344 g/mol. The topological polar surface area (TPSA) is 99.0 Å². The van der Waals surface area contributed by atoms with Crippen molar-refractivity contribution in [3.8, 4) is 5.75 Å². The van der Waals surface area contributed by atoms with E-state index in [0.717, 1.165) is 0 Å². The third kappa shape index (κ3) is 4.11. The first-order valence-electron chi connectivity index (χ1n) is 7.20. The van der Waals surface area contributed by atoms with Crippen LogP contribution in [0.4, 0.5) is 11.4 Å². The molecular weight excluding hydrogens is 328 g/mol. The molecule has 2 rings (SSSR count). The normalized spacial score (nSPS) is 10.0. The van der Waals surface area contributed by atoms with Gasteiger partial charge >= 0.3 is 11.9 Å². The van der Waals surface area contributed by atoms with Crippen molar-refractivity contribution in [1.82, 2.24) is 0 Å². The van der Waals surface area contributed by atoms with Crippen LogP contribution in [0.3, 0.4) is 0 Å². The number of esters is 2. The number of methoxy groups -OCH3 is 1. The van der Waals surface area contributed by atoms with Gasteiger partial charge in [-0.05, 0) is 36.4 Å². The van der Waals surface area contributed by atoms with Crippen LogP contribution in [0.1, 0.15) is 20.7 Å². The molecule has 0 saturated heterocycles. The molecule has 0 aliphatic rings. The van der Waals surface area contributed by atoms with Gasteiger partial charge < -0.3 is 14.4 Å². The Kier molecular flexibility index (Phi) is 5.33. The van der Waals surface area contributed by atoms with E-state index in [1.165, 1.54) is 49.6 Å². The maximum absolute atomic E-state index is 12.2. The molecule has 0 heterocycles. The van der Waals surface area contributed by atoms with E-state index in [4.69, 9.17) is 4.74 Å². The highest BCUT2D eigenvalue weighted by Crippen LogP contribution is 2.28. The minimum Gasteiger partial charge on any atom is -0.465 e. The number of hydrogen-bond donors (Lipinski definition) is 0. The molecule has 0 spiro atoms. The molecule has 0 aromatic heterocycles. The van der Waals surface area contributed by atoms with Gasteiger partial charge in [0.2, 0.25) is 0 Å². The summed E-state index contributed by atoms with van der Waals surface area (Å²) in [6.07, 6.45) is 0. The Morgan fingerprint density at radius 1 is 1.00 bits per heavy atom. The molecule has 0 N–H and O–H groups in total. The van der Waals surface area contributed by atoms with Gasteiger partial charge in [0.05, 0.1) is 23.2 Å². The molecule has 8 heteroatoms. The summed E-state index contributed by atoms with van der Waals surface area (Å²) in [4.78, 5) is 35.7. The highest BCUT2D eigenvalue weighted by molar-refractivity contribution is 5.93. The fourth-order valence-electron chi connectivity index (χ4n) is 2.12. The maximum Gasteiger partial charge on any atom is 0.343 e. The first-order valence-corrected chi connectivity index (χ1v) is 7.20. The fraction of sp³-hybridized carbons (Fsp3) is 0.176. The first kappa shape index (κ1) is 17.9. The second-order valence-corrected chi connectivity index (χ2v) is 5.26. The van der Waals surface area contributed by atoms with E-state index in [-0.39, 0.29) is 17.0 Å². The largest absolute Gasteiger partial charge is 0.465 e. The second kappa shape index (κ2) is 7.43. The third-order valence-electron chi connectivity index (χ3n) is 3.38. The molecular formula is C17H16N2O6. The van der Waals surface area contributed by atoms with Crippen LogP contribution >= 0.6 is 0 Å². The van der Waals surface area contributed by atoms with Gasteiger partial charge in [-0.15, -0.1) is 0 Å². The van der Waals surface area contributed by atoms with Crippen LogP contribution in [0.15, 0.2) is 42.5 Å². The highest BCUT2D eigenvalue weighted by Gasteiger charge is 2.20. The van der Waals surface area contributed by atoms with Gasteiger partial charge in [0.25, 0.3) is 5.69 Å². The summed E-state index contributed by atoms with van der Waals surface area (Å²) >= 11 is 0. The number of benzene rings is 2. The van der Waals surface area contributed by atoms with Crippen LogP contribution in [0.2, 0.25) is 0 Å². The van der Waals surface area contributed by atoms with Gasteiger partial charge in [-0.2, -0.15) is 0 Å². The van der Waals surface area contributed by atoms with Crippen molar-refractivity contribution in [1.29, 1.82) is 0 Å². The van der Waals surface area contributed by atoms with E-state index in [0.29, 0.717) is 11.3 Å². The van der Waals surface area contributed by atoms with Gasteiger partial charge in [0.1, 0.15) is 11.4 Å². The highest BCUT2D eigenvalue weighted by atomic mass is 16.6. The van der Waals surface area contributed by atoms with Crippen LogP contribution in [-0.4, -0.2) is 38.1 Å². The van der Waals surface area contributed by atoms with Crippen LogP contribution in [0, 0.1) is 10.1 Å². The Balaban J connectivity index is 2.22. The molecule has 8 nitrogen and oxygen atoms in total. The molecule has 0 atom stereocenters. The average Bonchev–Trinajstić information content (AvgIpc) is 2.60. The van der Waals surface area contributed by atoms with Gasteiger partial charge in [0.15, 0.2) is 0 Å². The molecule has 0 saturated carbocycles. The van der Waals surface area contributed by atoms with Crippen molar-refractivity contribution in [2.45, 2.75) is 0 Å². The zero-order valence-corrected chi connectivity index (χ0v) is 13.9. The van der Waals surface area contributed by atoms with Crippen molar-refractivity contribution in [3.63, 3.8) is 0 Å². The lowest BCUT2D eigenvalue weighted by atomic mass is 10.1. The lowest BCUT2D eigenvalue weighted by molar-refractivity contribution is -0.384. The number of anilines is 1. The summed E-state index contributed by atoms with van der Waals surface area (Å²) in [7, 11) is 4.60. The van der Waals surface area contributed by atoms with Gasteiger partial charge in [-0.1, -0.05) is 0 Å². The Hall–Kier alpha value is -3.42. The van der Waals surface area contributed by atoms with E-state index in [2.05, 4.69) is 4.74 Å². The Labute approximate surface area is 143 Å². The number of carbonyl (C=O) groups excluding carboxylic acids is 2. The number of carbonyl (C=O) groups is 2. The molecule has 0 unspecified atom stereocenters. The molecule has 0 radical (unpaired) electrons. The standard InChI is InChI=1S/C17H16N2O6/c1-18(2)14-9-6-12(10-15(14)19(22)23)17(21)25-13-7-4-11(5-8-13)16(20)24-3/h4-10H,1-3H3. The number of nitro benzene ring substituents is 1. The van der Waals surface area contributed by atoms with Crippen molar-refractivity contribution < 1.29 is 24.0 Å². The molecule has 0 amide bonds. The SMILES string of the molecule is COC(=O)c1ccc(OC(=O)c2ccc(N(C)C)c([N+](=O)[O-])c2)cc1. The second-order valence-electron chi connectivity index (χ2n) is 5.26. The van der Waals surface area contributed by atoms with Gasteiger partial charge in [-0.3, -0.25) is 10.1 Å². The molecule has 130 valence electrons. The predicted octanol–water partition coefficient (Wildman–Crippen LogP) is 2.67. The maximum atomic E-state index is 12.2. The van der Waals surface area contributed by atoms with Crippen molar-refractivity contribution in [3.05, 3.63) is 63.7 Å². The number of nitro groups is 1. The lowest BCUT2D eigenvalue weighted by Gasteiger charge is -2.13. The molecule has 0 fully saturated rings. The number of nitrogens with zero attached hydrogens (tertiary/aromatic N) is 2. The first-order chi connectivity index (χ1) is 11.8. The van der Waals surface area contributed by atoms with Crippen LogP contribution < -0.4 is 9.64 Å². The minimum absolute atomic E-state index is 0.0503. The Morgan fingerprint density at radius 3 is 2.12 bits per heavy atom. The number of rotatable bonds is 5. The van der Waals surface area contributed by atoms with Crippen LogP contribution in [-0.2, 0) is 4.74 Å². The van der Waals surface area contributed by atoms with Crippen molar-refractivity contribution >= 4 is 23.3 Å². The van der Waals surface area contributed by atoms with Gasteiger partial charge in [-0.25, -0.2) is 9.59 Å². The van der Waals surface area contributed by atoms with Crippen LogP contribution in [0.5, 0.6) is 5.75 Å². The van der Waals surface area contributed by atoms with E-state index < -0.39 is 16.9 Å². The average molecular weight is 344 g/mol. The molecule has 0 aliphatic heterocycles. The summed E-state index contributed by atoms with van der Waals surface area (Å²) in [5.41, 5.74) is 0.548. The van der Waals surface area contributed by atoms with Crippen LogP contribution in [0.25, 0.3) is 0 Å². The van der Waals surface area contributed by atoms with Gasteiger partial charge in [0, 0.05) is 20.2 Å². The Bertz CT molecular complexity index is 814. The quantitative estimate of drug-likeness (QED) is 0.356. The van der Waals surface area contributed by atoms with E-state index in [9.17, 15) is 19.7 Å². The number of ether oxygens (including phenoxy) is 2. The summed E-state index contributed by atoms with van der Waals surface area (Å²) in [5.74, 6) is -1.04.